The molecule has 0 spiro atoms. The Morgan fingerprint density at radius 3 is 1.50 bits per heavy atom. The van der Waals surface area contributed by atoms with Gasteiger partial charge < -0.3 is 9.80 Å². The summed E-state index contributed by atoms with van der Waals surface area (Å²) in [5.41, 5.74) is 7.48. The van der Waals surface area contributed by atoms with Gasteiger partial charge in [0.1, 0.15) is 0 Å². The van der Waals surface area contributed by atoms with Crippen LogP contribution >= 0.6 is 19.4 Å². The predicted molar refractivity (Wildman–Crippen MR) is 174 cm³/mol. The zero-order chi connectivity index (χ0) is 30.6. The van der Waals surface area contributed by atoms with Crippen LogP contribution < -0.4 is 0 Å². The molecule has 2 atom stereocenters. The summed E-state index contributed by atoms with van der Waals surface area (Å²) >= 11 is -1.52. The van der Waals surface area contributed by atoms with Gasteiger partial charge in [-0.1, -0.05) is 79.7 Å². The van der Waals surface area contributed by atoms with Crippen molar-refractivity contribution in [1.82, 2.24) is 9.80 Å². The summed E-state index contributed by atoms with van der Waals surface area (Å²) in [4.78, 5) is 5.20. The second-order valence-corrected chi connectivity index (χ2v) is 18.1. The third-order valence-electron chi connectivity index (χ3n) is 7.48. The third kappa shape index (κ3) is 11.3. The van der Waals surface area contributed by atoms with Crippen LogP contribution in [-0.4, -0.2) is 27.5 Å². The van der Waals surface area contributed by atoms with Crippen molar-refractivity contribution in [2.24, 2.45) is 35.5 Å². The summed E-state index contributed by atoms with van der Waals surface area (Å²) < 4.78 is 1.88. The number of hydrogen-bond acceptors (Lipinski definition) is 3. The number of nitrogens with zero attached hydrogens (tertiary/aromatic N) is 3. The van der Waals surface area contributed by atoms with E-state index in [0.717, 1.165) is 13.1 Å². The number of hydrogen-bond donors (Lipinski definition) is 0. The molecule has 0 bridgehead atoms. The first kappa shape index (κ1) is 36.9. The fourth-order valence-electron chi connectivity index (χ4n) is 5.44. The Hall–Kier alpha value is -1.14. The Labute approximate surface area is 260 Å². The smallest absolute Gasteiger partial charge is 0.00510 e. The first-order valence-corrected chi connectivity index (χ1v) is 20.2. The summed E-state index contributed by atoms with van der Waals surface area (Å²) in [6, 6.07) is 1.75. The summed E-state index contributed by atoms with van der Waals surface area (Å²) in [5, 5.41) is 7.32. The molecule has 3 rings (SSSR count). The summed E-state index contributed by atoms with van der Waals surface area (Å²) in [6.07, 6.45) is 13.9. The number of halogens is 2. The third-order valence-corrected chi connectivity index (χ3v) is 9.26. The first-order chi connectivity index (χ1) is 18.8. The van der Waals surface area contributed by atoms with Gasteiger partial charge in [0.2, 0.25) is 0 Å². The van der Waals surface area contributed by atoms with Crippen LogP contribution in [-0.2, 0) is 13.5 Å². The van der Waals surface area contributed by atoms with Crippen LogP contribution in [0.15, 0.2) is 58.5 Å². The minimum absolute atomic E-state index is 0.566. The fourth-order valence-corrected chi connectivity index (χ4v) is 6.77. The van der Waals surface area contributed by atoms with Crippen molar-refractivity contribution in [2.45, 2.75) is 89.0 Å². The average molecular weight is 677 g/mol. The van der Waals surface area contributed by atoms with Crippen molar-refractivity contribution in [3.05, 3.63) is 65.2 Å². The quantitative estimate of drug-likeness (QED) is 0.199. The van der Waals surface area contributed by atoms with Crippen molar-refractivity contribution >= 4 is 24.0 Å². The normalized spacial score (nSPS) is 20.9. The van der Waals surface area contributed by atoms with E-state index in [0.29, 0.717) is 35.5 Å². The van der Waals surface area contributed by atoms with Gasteiger partial charge in [-0.3, -0.25) is 0 Å². The average Bonchev–Trinajstić information content (AvgIpc) is 3.37. The molecular weight excluding hydrogens is 622 g/mol. The number of rotatable bonds is 7. The zero-order valence-corrected chi connectivity index (χ0v) is 30.0. The van der Waals surface area contributed by atoms with E-state index in [2.05, 4.69) is 96.2 Å². The van der Waals surface area contributed by atoms with Gasteiger partial charge >= 0.3 is 63.0 Å². The summed E-state index contributed by atoms with van der Waals surface area (Å²) in [6.45, 7) is 29.0. The molecule has 0 unspecified atom stereocenters. The van der Waals surface area contributed by atoms with E-state index in [4.69, 9.17) is 24.6 Å². The SMILES string of the molecule is CC#N.CC(C)=C[CH]=[Ru]([Cl])[Cl].CC(C)C1=C(N2[CH-]N(C3=C(C(C)C)C=CC[C@@H]3C(C)C)CC2)[C@H](C(C)C)CC=C1. The molecule has 0 amide bonds. The Balaban J connectivity index is 0.000000618. The Kier molecular flexibility index (Phi) is 17.0. The van der Waals surface area contributed by atoms with Crippen LogP contribution in [0.4, 0.5) is 0 Å². The molecule has 2 aliphatic carbocycles. The van der Waals surface area contributed by atoms with Gasteiger partial charge in [0, 0.05) is 31.8 Å². The topological polar surface area (TPSA) is 30.3 Å². The molecule has 1 fully saturated rings. The van der Waals surface area contributed by atoms with Crippen LogP contribution in [0.2, 0.25) is 0 Å². The van der Waals surface area contributed by atoms with Crippen LogP contribution in [0.1, 0.15) is 89.0 Å². The molecule has 6 heteroatoms. The Bertz CT molecular complexity index is 954. The minimum Gasteiger partial charge on any atom is -0.505 e. The molecule has 0 saturated carbocycles. The summed E-state index contributed by atoms with van der Waals surface area (Å²) in [5.74, 6) is 3.71. The number of nitriles is 1. The molecule has 0 radical (unpaired) electrons. The van der Waals surface area contributed by atoms with E-state index in [1.54, 1.807) is 17.5 Å². The zero-order valence-electron chi connectivity index (χ0n) is 26.8. The van der Waals surface area contributed by atoms with Gasteiger partial charge in [-0.05, 0) is 59.1 Å². The molecule has 40 heavy (non-hydrogen) atoms. The molecule has 1 aliphatic heterocycles. The molecular formula is C34H54Cl2N3Ru-. The largest absolute Gasteiger partial charge is 0.505 e. The molecule has 1 saturated heterocycles. The molecule has 0 aromatic rings. The van der Waals surface area contributed by atoms with Gasteiger partial charge in [0.15, 0.2) is 0 Å². The monoisotopic (exact) mass is 676 g/mol. The predicted octanol–water partition coefficient (Wildman–Crippen LogP) is 10.2. The molecule has 228 valence electrons. The molecule has 1 heterocycles. The van der Waals surface area contributed by atoms with Crippen LogP contribution in [0.25, 0.3) is 0 Å². The van der Waals surface area contributed by atoms with Crippen molar-refractivity contribution in [2.75, 3.05) is 13.1 Å². The van der Waals surface area contributed by atoms with Gasteiger partial charge in [-0.15, -0.1) is 0 Å². The van der Waals surface area contributed by atoms with Gasteiger partial charge in [0.25, 0.3) is 0 Å². The minimum atomic E-state index is -1.52. The fraction of sp³-hybridized carbons (Fsp3) is 0.618. The van der Waals surface area contributed by atoms with E-state index in [-0.39, 0.29) is 0 Å². The molecule has 0 aromatic heterocycles. The van der Waals surface area contributed by atoms with Crippen LogP contribution in [0, 0.1) is 53.5 Å². The molecule has 3 nitrogen and oxygen atoms in total. The number of allylic oxidation sites excluding steroid dienone is 10. The van der Waals surface area contributed by atoms with Crippen molar-refractivity contribution in [1.29, 1.82) is 5.26 Å². The van der Waals surface area contributed by atoms with Gasteiger partial charge in [-0.25, -0.2) is 0 Å². The maximum Gasteiger partial charge on any atom is 0.00510 e. The van der Waals surface area contributed by atoms with Gasteiger partial charge in [0.05, 0.1) is 6.07 Å². The Morgan fingerprint density at radius 1 is 0.875 bits per heavy atom. The Morgan fingerprint density at radius 2 is 1.25 bits per heavy atom. The standard InChI is InChI=1S/C27H43N2.C5H8.C2H3N.2ClH.Ru/c1-18(2)22-11-9-12-23(19(3)4)26(22)28-15-16-29(17-28)27-24(20(5)6)13-10-14-25(27)21(7)8;1-4-5(2)3;1-2-3;;;/h9-11,13,17-21,23,25H,12,14-16H2,1-8H3;1,4H,2-3H3;1H3;2*1H;/q-1;;;;;+2/p-2/t23-,25+;;;;;. The molecule has 0 N–H and O–H groups in total. The maximum absolute atomic E-state index is 7.32. The molecule has 3 aliphatic rings. The first-order valence-electron chi connectivity index (χ1n) is 14.7. The van der Waals surface area contributed by atoms with E-state index < -0.39 is 13.5 Å². The van der Waals surface area contributed by atoms with Crippen molar-refractivity contribution in [3.8, 4) is 6.07 Å². The van der Waals surface area contributed by atoms with Crippen LogP contribution in [0.3, 0.4) is 0 Å². The van der Waals surface area contributed by atoms with Crippen molar-refractivity contribution in [3.63, 3.8) is 0 Å². The second-order valence-electron chi connectivity index (χ2n) is 12.3. The van der Waals surface area contributed by atoms with E-state index in [1.807, 2.05) is 24.5 Å². The van der Waals surface area contributed by atoms with Crippen molar-refractivity contribution < 1.29 is 13.5 Å². The van der Waals surface area contributed by atoms with E-state index in [1.165, 1.54) is 36.5 Å². The van der Waals surface area contributed by atoms with E-state index in [9.17, 15) is 0 Å². The maximum atomic E-state index is 7.32. The summed E-state index contributed by atoms with van der Waals surface area (Å²) in [7, 11) is 11.1. The second kappa shape index (κ2) is 18.4. The molecule has 0 aromatic carbocycles. The van der Waals surface area contributed by atoms with Gasteiger partial charge in [-0.2, -0.15) is 11.9 Å². The van der Waals surface area contributed by atoms with E-state index >= 15 is 0 Å². The van der Waals surface area contributed by atoms with Crippen LogP contribution in [0.5, 0.6) is 0 Å².